The van der Waals surface area contributed by atoms with Crippen LogP contribution in [0.15, 0.2) is 42.6 Å². The second-order valence-corrected chi connectivity index (χ2v) is 6.34. The summed E-state index contributed by atoms with van der Waals surface area (Å²) in [5.41, 5.74) is 3.08. The van der Waals surface area contributed by atoms with Gasteiger partial charge >= 0.3 is 0 Å². The van der Waals surface area contributed by atoms with Crippen LogP contribution in [-0.2, 0) is 13.5 Å². The monoisotopic (exact) mass is 352 g/mol. The van der Waals surface area contributed by atoms with Crippen molar-refractivity contribution in [2.45, 2.75) is 19.4 Å². The predicted molar refractivity (Wildman–Crippen MR) is 97.4 cm³/mol. The molecule has 0 saturated heterocycles. The zero-order valence-corrected chi connectivity index (χ0v) is 14.7. The number of pyridine rings is 1. The van der Waals surface area contributed by atoms with Crippen molar-refractivity contribution in [1.82, 2.24) is 14.9 Å². The van der Waals surface area contributed by atoms with Crippen LogP contribution in [-0.4, -0.2) is 15.5 Å². The molecule has 0 fully saturated rings. The molecule has 2 heterocycles. The average Bonchev–Trinajstić information content (AvgIpc) is 2.92. The van der Waals surface area contributed by atoms with E-state index in [1.54, 1.807) is 12.3 Å². The Morgan fingerprint density at radius 2 is 2.16 bits per heavy atom. The highest BCUT2D eigenvalue weighted by Gasteiger charge is 2.16. The molecule has 6 heteroatoms. The summed E-state index contributed by atoms with van der Waals surface area (Å²) in [6.07, 6.45) is 1.97. The quantitative estimate of drug-likeness (QED) is 0.776. The number of halogens is 1. The van der Waals surface area contributed by atoms with Crippen molar-refractivity contribution in [1.29, 1.82) is 5.26 Å². The molecule has 3 aromatic rings. The first kappa shape index (κ1) is 17.0. The SMILES string of the molecule is C[C@@H](NC(=O)c1cc2ccc(Cl)cc2n1C)c1ccc(CC#N)nc1. The number of carbonyl (C=O) groups is 1. The molecule has 3 rings (SSSR count). The Labute approximate surface area is 150 Å². The molecular weight excluding hydrogens is 336 g/mol. The van der Waals surface area contributed by atoms with Gasteiger partial charge in [-0.25, -0.2) is 0 Å². The Hall–Kier alpha value is -2.84. The van der Waals surface area contributed by atoms with Crippen molar-refractivity contribution < 1.29 is 4.79 Å². The highest BCUT2D eigenvalue weighted by molar-refractivity contribution is 6.31. The van der Waals surface area contributed by atoms with Crippen LogP contribution in [0.4, 0.5) is 0 Å². The Bertz CT molecular complexity index is 969. The summed E-state index contributed by atoms with van der Waals surface area (Å²) < 4.78 is 1.83. The molecular formula is C19H17ClN4O. The van der Waals surface area contributed by atoms with Gasteiger partial charge in [-0.2, -0.15) is 5.26 Å². The van der Waals surface area contributed by atoms with E-state index in [0.29, 0.717) is 10.7 Å². The molecule has 0 aliphatic rings. The van der Waals surface area contributed by atoms with Crippen molar-refractivity contribution >= 4 is 28.4 Å². The van der Waals surface area contributed by atoms with Crippen LogP contribution >= 0.6 is 11.6 Å². The fraction of sp³-hybridized carbons (Fsp3) is 0.211. The van der Waals surface area contributed by atoms with Crippen LogP contribution in [0.1, 0.15) is 34.7 Å². The molecule has 0 unspecified atom stereocenters. The number of nitrogens with zero attached hydrogens (tertiary/aromatic N) is 3. The molecule has 0 bridgehead atoms. The number of carbonyl (C=O) groups excluding carboxylic acids is 1. The van der Waals surface area contributed by atoms with E-state index in [2.05, 4.69) is 16.4 Å². The average molecular weight is 353 g/mol. The minimum Gasteiger partial charge on any atom is -0.344 e. The van der Waals surface area contributed by atoms with E-state index in [0.717, 1.165) is 22.2 Å². The summed E-state index contributed by atoms with van der Waals surface area (Å²) in [6.45, 7) is 1.90. The van der Waals surface area contributed by atoms with E-state index < -0.39 is 0 Å². The molecule has 25 heavy (non-hydrogen) atoms. The first-order valence-corrected chi connectivity index (χ1v) is 8.25. The van der Waals surface area contributed by atoms with Gasteiger partial charge in [0, 0.05) is 29.2 Å². The maximum absolute atomic E-state index is 12.6. The molecule has 1 aromatic carbocycles. The van der Waals surface area contributed by atoms with Crippen molar-refractivity contribution in [3.8, 4) is 6.07 Å². The lowest BCUT2D eigenvalue weighted by Gasteiger charge is -2.14. The van der Waals surface area contributed by atoms with Crippen LogP contribution in [0.5, 0.6) is 0 Å². The number of benzene rings is 1. The largest absolute Gasteiger partial charge is 0.344 e. The lowest BCUT2D eigenvalue weighted by molar-refractivity contribution is 0.0932. The van der Waals surface area contributed by atoms with Crippen molar-refractivity contribution in [2.24, 2.45) is 7.05 Å². The number of amides is 1. The summed E-state index contributed by atoms with van der Waals surface area (Å²) in [6, 6.07) is 13.0. The predicted octanol–water partition coefficient (Wildman–Crippen LogP) is 3.78. The summed E-state index contributed by atoms with van der Waals surface area (Å²) in [7, 11) is 1.84. The zero-order chi connectivity index (χ0) is 18.0. The first-order valence-electron chi connectivity index (χ1n) is 7.87. The van der Waals surface area contributed by atoms with Crippen LogP contribution in [0.25, 0.3) is 10.9 Å². The van der Waals surface area contributed by atoms with Crippen LogP contribution in [0.2, 0.25) is 5.02 Å². The minimum absolute atomic E-state index is 0.163. The molecule has 0 spiro atoms. The van der Waals surface area contributed by atoms with Crippen molar-refractivity contribution in [2.75, 3.05) is 0 Å². The molecule has 126 valence electrons. The number of aryl methyl sites for hydroxylation is 1. The van der Waals surface area contributed by atoms with Gasteiger partial charge in [0.2, 0.25) is 0 Å². The third-order valence-electron chi connectivity index (χ3n) is 4.20. The summed E-state index contributed by atoms with van der Waals surface area (Å²) in [5.74, 6) is -0.163. The fourth-order valence-corrected chi connectivity index (χ4v) is 2.92. The number of hydrogen-bond acceptors (Lipinski definition) is 3. The lowest BCUT2D eigenvalue weighted by Crippen LogP contribution is -2.28. The number of rotatable bonds is 4. The van der Waals surface area contributed by atoms with Gasteiger partial charge in [0.05, 0.1) is 24.2 Å². The number of hydrogen-bond donors (Lipinski definition) is 1. The zero-order valence-electron chi connectivity index (χ0n) is 14.0. The number of fused-ring (bicyclic) bond motifs is 1. The van der Waals surface area contributed by atoms with Crippen LogP contribution in [0.3, 0.4) is 0 Å². The Morgan fingerprint density at radius 1 is 1.36 bits per heavy atom. The van der Waals surface area contributed by atoms with Crippen molar-refractivity contribution in [3.63, 3.8) is 0 Å². The van der Waals surface area contributed by atoms with E-state index >= 15 is 0 Å². The van der Waals surface area contributed by atoms with Gasteiger partial charge < -0.3 is 9.88 Å². The van der Waals surface area contributed by atoms with Gasteiger partial charge in [-0.3, -0.25) is 9.78 Å². The molecule has 2 aromatic heterocycles. The molecule has 1 atom stereocenters. The Morgan fingerprint density at radius 3 is 2.84 bits per heavy atom. The summed E-state index contributed by atoms with van der Waals surface area (Å²) in [5, 5.41) is 13.3. The van der Waals surface area contributed by atoms with Crippen LogP contribution in [0, 0.1) is 11.3 Å². The van der Waals surface area contributed by atoms with E-state index in [4.69, 9.17) is 16.9 Å². The van der Waals surface area contributed by atoms with Gasteiger partial charge in [-0.05, 0) is 36.8 Å². The second kappa shape index (κ2) is 6.96. The van der Waals surface area contributed by atoms with E-state index in [1.165, 1.54) is 0 Å². The summed E-state index contributed by atoms with van der Waals surface area (Å²) >= 11 is 6.04. The Kier molecular flexibility index (Phi) is 4.73. The Balaban J connectivity index is 1.79. The molecule has 1 N–H and O–H groups in total. The normalized spacial score (nSPS) is 11.9. The first-order chi connectivity index (χ1) is 12.0. The molecule has 0 radical (unpaired) electrons. The van der Waals surface area contributed by atoms with Crippen molar-refractivity contribution in [3.05, 3.63) is 64.6 Å². The number of nitriles is 1. The number of nitrogens with one attached hydrogen (secondary N) is 1. The molecule has 5 nitrogen and oxygen atoms in total. The van der Waals surface area contributed by atoms with Gasteiger partial charge in [0.15, 0.2) is 0 Å². The summed E-state index contributed by atoms with van der Waals surface area (Å²) in [4.78, 5) is 16.9. The molecule has 0 aliphatic heterocycles. The lowest BCUT2D eigenvalue weighted by atomic mass is 10.1. The molecule has 1 amide bonds. The third kappa shape index (κ3) is 3.49. The fourth-order valence-electron chi connectivity index (χ4n) is 2.75. The highest BCUT2D eigenvalue weighted by atomic mass is 35.5. The minimum atomic E-state index is -0.197. The van der Waals surface area contributed by atoms with E-state index in [-0.39, 0.29) is 18.4 Å². The number of aromatic nitrogens is 2. The van der Waals surface area contributed by atoms with E-state index in [9.17, 15) is 4.79 Å². The molecule has 0 saturated carbocycles. The van der Waals surface area contributed by atoms with Crippen LogP contribution < -0.4 is 5.32 Å². The highest BCUT2D eigenvalue weighted by Crippen LogP contribution is 2.23. The maximum atomic E-state index is 12.6. The van der Waals surface area contributed by atoms with Gasteiger partial charge in [0.1, 0.15) is 5.69 Å². The van der Waals surface area contributed by atoms with Gasteiger partial charge in [-0.1, -0.05) is 23.7 Å². The van der Waals surface area contributed by atoms with Gasteiger partial charge in [0.25, 0.3) is 5.91 Å². The standard InChI is InChI=1S/C19H17ClN4O/c1-12(14-4-6-16(7-8-21)22-11-14)23-19(25)18-9-13-3-5-15(20)10-17(13)24(18)2/h3-6,9-12H,7H2,1-2H3,(H,23,25)/t12-/m1/s1. The third-order valence-corrected chi connectivity index (χ3v) is 4.43. The van der Waals surface area contributed by atoms with Gasteiger partial charge in [-0.15, -0.1) is 0 Å². The smallest absolute Gasteiger partial charge is 0.268 e. The molecule has 0 aliphatic carbocycles. The topological polar surface area (TPSA) is 70.7 Å². The second-order valence-electron chi connectivity index (χ2n) is 5.90. The van der Waals surface area contributed by atoms with E-state index in [1.807, 2.05) is 48.9 Å². The maximum Gasteiger partial charge on any atom is 0.268 e.